The summed E-state index contributed by atoms with van der Waals surface area (Å²) in [7, 11) is 0. The summed E-state index contributed by atoms with van der Waals surface area (Å²) in [6.45, 7) is 0.0619. The maximum absolute atomic E-state index is 11.4. The Hall–Kier alpha value is -1.91. The highest BCUT2D eigenvalue weighted by atomic mass is 16.7. The lowest BCUT2D eigenvalue weighted by atomic mass is 9.64. The number of carboxylic acid groups (broad SMARTS) is 1. The predicted molar refractivity (Wildman–Crippen MR) is 57.4 cm³/mol. The second kappa shape index (κ2) is 3.29. The quantitative estimate of drug-likeness (QED) is 0.816. The monoisotopic (exact) mass is 236 g/mol. The number of carboxylic acids is 1. The Morgan fingerprint density at radius 1 is 1.29 bits per heavy atom. The van der Waals surface area contributed by atoms with E-state index in [0.29, 0.717) is 29.9 Å². The first kappa shape index (κ1) is 10.3. The minimum atomic E-state index is -0.863. The van der Waals surface area contributed by atoms with E-state index in [1.54, 1.807) is 6.07 Å². The van der Waals surface area contributed by atoms with Crippen molar-refractivity contribution in [1.82, 2.24) is 0 Å². The first-order valence-corrected chi connectivity index (χ1v) is 5.50. The maximum atomic E-state index is 11.4. The Labute approximate surface area is 97.6 Å². The maximum Gasteiger partial charge on any atom is 0.314 e. The van der Waals surface area contributed by atoms with Crippen molar-refractivity contribution in [1.29, 1.82) is 0 Å². The van der Waals surface area contributed by atoms with Gasteiger partial charge >= 0.3 is 5.97 Å². The van der Waals surface area contributed by atoms with Crippen molar-refractivity contribution in [3.63, 3.8) is 0 Å². The van der Waals surface area contributed by atoms with Gasteiger partial charge in [0.25, 0.3) is 0 Å². The fourth-order valence-electron chi connectivity index (χ4n) is 2.42. The molecule has 0 radical (unpaired) electrons. The highest BCUT2D eigenvalue weighted by Gasteiger charge is 2.46. The molecular formula is C12H12O5. The smallest absolute Gasteiger partial charge is 0.314 e. The van der Waals surface area contributed by atoms with Gasteiger partial charge in [0.15, 0.2) is 11.5 Å². The Morgan fingerprint density at radius 2 is 2.06 bits per heavy atom. The topological polar surface area (TPSA) is 76.0 Å². The third-order valence-electron chi connectivity index (χ3n) is 3.62. The van der Waals surface area contributed by atoms with Gasteiger partial charge in [0.1, 0.15) is 0 Å². The third kappa shape index (κ3) is 1.28. The molecule has 1 fully saturated rings. The van der Waals surface area contributed by atoms with Crippen LogP contribution in [-0.4, -0.2) is 23.0 Å². The van der Waals surface area contributed by atoms with Crippen LogP contribution in [0.4, 0.5) is 0 Å². The molecule has 0 atom stereocenters. The number of ether oxygens (including phenoxy) is 2. The molecule has 0 amide bonds. The van der Waals surface area contributed by atoms with Crippen LogP contribution in [0, 0.1) is 0 Å². The summed E-state index contributed by atoms with van der Waals surface area (Å²) in [5.74, 6) is -0.175. The zero-order chi connectivity index (χ0) is 12.0. The van der Waals surface area contributed by atoms with Gasteiger partial charge in [-0.25, -0.2) is 0 Å². The summed E-state index contributed by atoms with van der Waals surface area (Å²) < 4.78 is 10.3. The number of rotatable bonds is 2. The van der Waals surface area contributed by atoms with Crippen LogP contribution in [0.5, 0.6) is 17.2 Å². The van der Waals surface area contributed by atoms with Crippen molar-refractivity contribution >= 4 is 5.97 Å². The van der Waals surface area contributed by atoms with Crippen LogP contribution in [0.25, 0.3) is 0 Å². The molecule has 5 heteroatoms. The number of carbonyl (C=O) groups is 1. The molecule has 3 rings (SSSR count). The van der Waals surface area contributed by atoms with Crippen LogP contribution < -0.4 is 9.47 Å². The Bertz CT molecular complexity index is 490. The minimum Gasteiger partial charge on any atom is -0.504 e. The van der Waals surface area contributed by atoms with E-state index in [1.807, 2.05) is 0 Å². The molecule has 2 aliphatic rings. The van der Waals surface area contributed by atoms with Crippen molar-refractivity contribution in [3.05, 3.63) is 17.7 Å². The summed E-state index contributed by atoms with van der Waals surface area (Å²) in [5, 5.41) is 19.1. The van der Waals surface area contributed by atoms with Crippen LogP contribution in [0.3, 0.4) is 0 Å². The first-order valence-electron chi connectivity index (χ1n) is 5.50. The molecule has 5 nitrogen and oxygen atoms in total. The number of phenols is 1. The van der Waals surface area contributed by atoms with Crippen molar-refractivity contribution < 1.29 is 24.5 Å². The average molecular weight is 236 g/mol. The van der Waals surface area contributed by atoms with E-state index < -0.39 is 11.4 Å². The third-order valence-corrected chi connectivity index (χ3v) is 3.62. The molecular weight excluding hydrogens is 224 g/mol. The molecule has 0 unspecified atom stereocenters. The number of benzene rings is 1. The molecule has 0 bridgehead atoms. The molecule has 0 saturated heterocycles. The van der Waals surface area contributed by atoms with Gasteiger partial charge in [-0.3, -0.25) is 4.79 Å². The number of aromatic hydroxyl groups is 1. The summed E-state index contributed by atoms with van der Waals surface area (Å²) >= 11 is 0. The second-order valence-electron chi connectivity index (χ2n) is 4.47. The van der Waals surface area contributed by atoms with E-state index in [2.05, 4.69) is 0 Å². The van der Waals surface area contributed by atoms with Crippen molar-refractivity contribution in [2.45, 2.75) is 24.7 Å². The fourth-order valence-corrected chi connectivity index (χ4v) is 2.42. The van der Waals surface area contributed by atoms with Crippen LogP contribution in [0.1, 0.15) is 24.8 Å². The van der Waals surface area contributed by atoms with Crippen LogP contribution in [0.2, 0.25) is 0 Å². The lowest BCUT2D eigenvalue weighted by molar-refractivity contribution is -0.147. The van der Waals surface area contributed by atoms with Crippen molar-refractivity contribution in [2.75, 3.05) is 6.79 Å². The van der Waals surface area contributed by atoms with E-state index in [0.717, 1.165) is 6.42 Å². The number of aliphatic carboxylic acids is 1. The van der Waals surface area contributed by atoms with E-state index in [1.165, 1.54) is 6.07 Å². The van der Waals surface area contributed by atoms with Crippen molar-refractivity contribution in [3.8, 4) is 17.2 Å². The first-order chi connectivity index (χ1) is 8.13. The van der Waals surface area contributed by atoms with Crippen molar-refractivity contribution in [2.24, 2.45) is 0 Å². The van der Waals surface area contributed by atoms with Crippen LogP contribution >= 0.6 is 0 Å². The SMILES string of the molecule is O=C(O)C1(c2cc(O)c3c(c2)OCO3)CCC1. The molecule has 1 aromatic rings. The Balaban J connectivity index is 2.10. The molecule has 0 spiro atoms. The zero-order valence-corrected chi connectivity index (χ0v) is 9.10. The summed E-state index contributed by atoms with van der Waals surface area (Å²) in [6.07, 6.45) is 2.09. The molecule has 1 aromatic carbocycles. The highest BCUT2D eigenvalue weighted by Crippen LogP contribution is 2.49. The molecule has 0 aromatic heterocycles. The van der Waals surface area contributed by atoms with E-state index in [4.69, 9.17) is 9.47 Å². The van der Waals surface area contributed by atoms with Crippen LogP contribution in [-0.2, 0) is 10.2 Å². The van der Waals surface area contributed by atoms with Gasteiger partial charge in [-0.15, -0.1) is 0 Å². The van der Waals surface area contributed by atoms with Gasteiger partial charge in [-0.1, -0.05) is 6.42 Å². The normalized spacial score (nSPS) is 19.8. The lowest BCUT2D eigenvalue weighted by Crippen LogP contribution is -2.42. The van der Waals surface area contributed by atoms with Gasteiger partial charge in [-0.2, -0.15) is 0 Å². The van der Waals surface area contributed by atoms with Gasteiger partial charge in [0, 0.05) is 0 Å². The molecule has 1 aliphatic heterocycles. The van der Waals surface area contributed by atoms with Crippen LogP contribution in [0.15, 0.2) is 12.1 Å². The highest BCUT2D eigenvalue weighted by molar-refractivity contribution is 5.83. The summed E-state index contributed by atoms with van der Waals surface area (Å²) in [6, 6.07) is 3.14. The fraction of sp³-hybridized carbons (Fsp3) is 0.417. The molecule has 2 N–H and O–H groups in total. The van der Waals surface area contributed by atoms with Gasteiger partial charge < -0.3 is 19.7 Å². The summed E-state index contributed by atoms with van der Waals surface area (Å²) in [4.78, 5) is 11.4. The second-order valence-corrected chi connectivity index (χ2v) is 4.47. The average Bonchev–Trinajstić information content (AvgIpc) is 2.63. The molecule has 1 saturated carbocycles. The standard InChI is InChI=1S/C12H12O5/c13-8-4-7(5-9-10(8)17-6-16-9)12(11(14)15)2-1-3-12/h4-5,13H,1-3,6H2,(H,14,15). The molecule has 1 aliphatic carbocycles. The number of hydrogen-bond donors (Lipinski definition) is 2. The largest absolute Gasteiger partial charge is 0.504 e. The van der Waals surface area contributed by atoms with Gasteiger partial charge in [-0.05, 0) is 30.5 Å². The minimum absolute atomic E-state index is 0.0532. The van der Waals surface area contributed by atoms with E-state index >= 15 is 0 Å². The predicted octanol–water partition coefficient (Wildman–Crippen LogP) is 1.63. The zero-order valence-electron chi connectivity index (χ0n) is 9.10. The molecule has 90 valence electrons. The van der Waals surface area contributed by atoms with Gasteiger partial charge in [0.05, 0.1) is 5.41 Å². The van der Waals surface area contributed by atoms with E-state index in [9.17, 15) is 15.0 Å². The number of hydrogen-bond acceptors (Lipinski definition) is 4. The summed E-state index contributed by atoms with van der Waals surface area (Å²) in [5.41, 5.74) is -0.267. The Kier molecular flexibility index (Phi) is 1.98. The molecule has 1 heterocycles. The molecule has 17 heavy (non-hydrogen) atoms. The van der Waals surface area contributed by atoms with Gasteiger partial charge in [0.2, 0.25) is 12.5 Å². The lowest BCUT2D eigenvalue weighted by Gasteiger charge is -2.38. The Morgan fingerprint density at radius 3 is 2.65 bits per heavy atom. The van der Waals surface area contributed by atoms with E-state index in [-0.39, 0.29) is 12.5 Å². The number of fused-ring (bicyclic) bond motifs is 1. The number of phenolic OH excluding ortho intramolecular Hbond substituents is 1.